The van der Waals surface area contributed by atoms with Gasteiger partial charge in [0.2, 0.25) is 0 Å². The van der Waals surface area contributed by atoms with Crippen LogP contribution in [0.2, 0.25) is 0 Å². The number of carbonyl (C=O) groups excluding carboxylic acids is 1. The lowest BCUT2D eigenvalue weighted by molar-refractivity contribution is 0.104. The zero-order chi connectivity index (χ0) is 16.8. The molecule has 0 heterocycles. The number of ether oxygens (including phenoxy) is 3. The fourth-order valence-corrected chi connectivity index (χ4v) is 2.10. The molecule has 0 saturated heterocycles. The third-order valence-corrected chi connectivity index (χ3v) is 3.35. The van der Waals surface area contributed by atoms with Crippen molar-refractivity contribution in [3.05, 3.63) is 53.6 Å². The Morgan fingerprint density at radius 3 is 2.00 bits per heavy atom. The first kappa shape index (κ1) is 16.4. The van der Waals surface area contributed by atoms with Crippen molar-refractivity contribution < 1.29 is 19.0 Å². The highest BCUT2D eigenvalue weighted by Gasteiger charge is 2.11. The van der Waals surface area contributed by atoms with Gasteiger partial charge in [0.25, 0.3) is 0 Å². The average molecular weight is 313 g/mol. The summed E-state index contributed by atoms with van der Waals surface area (Å²) in [6, 6.07) is 10.2. The summed E-state index contributed by atoms with van der Waals surface area (Å²) in [6.07, 6.45) is 3.13. The van der Waals surface area contributed by atoms with Crippen LogP contribution in [0.1, 0.15) is 15.9 Å². The molecule has 0 aliphatic heterocycles. The van der Waals surface area contributed by atoms with Gasteiger partial charge in [-0.2, -0.15) is 0 Å². The maximum atomic E-state index is 12.2. The van der Waals surface area contributed by atoms with Crippen LogP contribution in [0.3, 0.4) is 0 Å². The first-order valence-corrected chi connectivity index (χ1v) is 6.97. The van der Waals surface area contributed by atoms with E-state index in [2.05, 4.69) is 0 Å². The molecule has 0 atom stereocenters. The molecular weight excluding hydrogens is 294 g/mol. The molecule has 0 spiro atoms. The number of allylic oxidation sites excluding steroid dienone is 1. The van der Waals surface area contributed by atoms with Gasteiger partial charge >= 0.3 is 0 Å². The number of methoxy groups -OCH3 is 3. The van der Waals surface area contributed by atoms with Crippen LogP contribution < -0.4 is 19.9 Å². The van der Waals surface area contributed by atoms with Crippen molar-refractivity contribution in [1.82, 2.24) is 0 Å². The Kier molecular flexibility index (Phi) is 5.25. The van der Waals surface area contributed by atoms with Crippen molar-refractivity contribution in [2.75, 3.05) is 27.1 Å². The molecule has 5 nitrogen and oxygen atoms in total. The number of carbonyl (C=O) groups is 1. The molecule has 120 valence electrons. The summed E-state index contributed by atoms with van der Waals surface area (Å²) >= 11 is 0. The smallest absolute Gasteiger partial charge is 0.185 e. The molecular formula is C18H19NO4. The molecule has 0 radical (unpaired) electrons. The topological polar surface area (TPSA) is 70.8 Å². The highest BCUT2D eigenvalue weighted by atomic mass is 16.5. The first-order valence-electron chi connectivity index (χ1n) is 6.97. The standard InChI is InChI=1S/C18H19NO4/c1-21-14-10-17(22-2)15(18(11-14)23-3)8-9-16(20)12-4-6-13(19)7-5-12/h4-11H,19H2,1-3H3/b9-8+. The zero-order valence-corrected chi connectivity index (χ0v) is 13.3. The summed E-state index contributed by atoms with van der Waals surface area (Å²) in [5.74, 6) is 1.59. The Morgan fingerprint density at radius 2 is 1.52 bits per heavy atom. The van der Waals surface area contributed by atoms with Crippen molar-refractivity contribution in [2.45, 2.75) is 0 Å². The molecule has 5 heteroatoms. The van der Waals surface area contributed by atoms with Crippen LogP contribution in [0.5, 0.6) is 17.2 Å². The fourth-order valence-electron chi connectivity index (χ4n) is 2.10. The molecule has 0 aliphatic carbocycles. The third kappa shape index (κ3) is 3.83. The number of nitrogen functional groups attached to an aromatic ring is 1. The van der Waals surface area contributed by atoms with Crippen LogP contribution in [0.4, 0.5) is 5.69 Å². The quantitative estimate of drug-likeness (QED) is 0.504. The first-order chi connectivity index (χ1) is 11.1. The van der Waals surface area contributed by atoms with E-state index in [1.807, 2.05) is 0 Å². The minimum Gasteiger partial charge on any atom is -0.496 e. The van der Waals surface area contributed by atoms with Crippen LogP contribution in [0.15, 0.2) is 42.5 Å². The Hall–Kier alpha value is -2.95. The molecule has 0 unspecified atom stereocenters. The van der Waals surface area contributed by atoms with Crippen LogP contribution >= 0.6 is 0 Å². The molecule has 0 aromatic heterocycles. The van der Waals surface area contributed by atoms with E-state index < -0.39 is 0 Å². The molecule has 0 fully saturated rings. The molecule has 2 rings (SSSR count). The van der Waals surface area contributed by atoms with E-state index in [0.29, 0.717) is 34.1 Å². The predicted octanol–water partition coefficient (Wildman–Crippen LogP) is 3.19. The van der Waals surface area contributed by atoms with E-state index in [9.17, 15) is 4.79 Å². The highest BCUT2D eigenvalue weighted by molar-refractivity contribution is 6.07. The molecule has 2 aromatic carbocycles. The van der Waals surface area contributed by atoms with Gasteiger partial charge in [0.15, 0.2) is 5.78 Å². The Labute approximate surface area is 135 Å². The van der Waals surface area contributed by atoms with Crippen molar-refractivity contribution in [1.29, 1.82) is 0 Å². The summed E-state index contributed by atoms with van der Waals surface area (Å²) in [5.41, 5.74) is 7.46. The molecule has 0 amide bonds. The van der Waals surface area contributed by atoms with Gasteiger partial charge in [-0.05, 0) is 36.4 Å². The van der Waals surface area contributed by atoms with Crippen LogP contribution in [0.25, 0.3) is 6.08 Å². The van der Waals surface area contributed by atoms with E-state index >= 15 is 0 Å². The fraction of sp³-hybridized carbons (Fsp3) is 0.167. The normalized spacial score (nSPS) is 10.6. The number of hydrogen-bond donors (Lipinski definition) is 1. The van der Waals surface area contributed by atoms with Crippen molar-refractivity contribution in [3.63, 3.8) is 0 Å². The van der Waals surface area contributed by atoms with Gasteiger partial charge in [0.05, 0.1) is 26.9 Å². The molecule has 0 saturated carbocycles. The monoisotopic (exact) mass is 313 g/mol. The molecule has 23 heavy (non-hydrogen) atoms. The van der Waals surface area contributed by atoms with Crippen molar-refractivity contribution >= 4 is 17.5 Å². The number of ketones is 1. The maximum absolute atomic E-state index is 12.2. The second-order valence-corrected chi connectivity index (χ2v) is 4.77. The number of hydrogen-bond acceptors (Lipinski definition) is 5. The Balaban J connectivity index is 2.34. The van der Waals surface area contributed by atoms with Crippen molar-refractivity contribution in [3.8, 4) is 17.2 Å². The number of rotatable bonds is 6. The van der Waals surface area contributed by atoms with Gasteiger partial charge in [0, 0.05) is 23.4 Å². The predicted molar refractivity (Wildman–Crippen MR) is 90.3 cm³/mol. The largest absolute Gasteiger partial charge is 0.496 e. The van der Waals surface area contributed by atoms with E-state index in [1.54, 1.807) is 63.8 Å². The van der Waals surface area contributed by atoms with Gasteiger partial charge in [0.1, 0.15) is 17.2 Å². The number of nitrogens with two attached hydrogens (primary N) is 1. The Bertz CT molecular complexity index is 695. The second-order valence-electron chi connectivity index (χ2n) is 4.77. The average Bonchev–Trinajstić information content (AvgIpc) is 2.59. The van der Waals surface area contributed by atoms with Gasteiger partial charge in [-0.25, -0.2) is 0 Å². The minimum atomic E-state index is -0.134. The van der Waals surface area contributed by atoms with Crippen LogP contribution in [-0.2, 0) is 0 Å². The summed E-state index contributed by atoms with van der Waals surface area (Å²) in [4.78, 5) is 12.2. The maximum Gasteiger partial charge on any atom is 0.185 e. The number of anilines is 1. The lowest BCUT2D eigenvalue weighted by Crippen LogP contribution is -1.97. The minimum absolute atomic E-state index is 0.134. The van der Waals surface area contributed by atoms with Gasteiger partial charge in [-0.1, -0.05) is 0 Å². The molecule has 2 aromatic rings. The lowest BCUT2D eigenvalue weighted by Gasteiger charge is -2.12. The molecule has 2 N–H and O–H groups in total. The molecule has 0 aliphatic rings. The van der Waals surface area contributed by atoms with Crippen LogP contribution in [0, 0.1) is 0 Å². The van der Waals surface area contributed by atoms with Gasteiger partial charge in [-0.3, -0.25) is 4.79 Å². The third-order valence-electron chi connectivity index (χ3n) is 3.35. The number of benzene rings is 2. The van der Waals surface area contributed by atoms with Gasteiger partial charge in [-0.15, -0.1) is 0 Å². The summed E-state index contributed by atoms with van der Waals surface area (Å²) in [5, 5.41) is 0. The van der Waals surface area contributed by atoms with E-state index in [4.69, 9.17) is 19.9 Å². The lowest BCUT2D eigenvalue weighted by atomic mass is 10.1. The van der Waals surface area contributed by atoms with Crippen molar-refractivity contribution in [2.24, 2.45) is 0 Å². The van der Waals surface area contributed by atoms with E-state index in [0.717, 1.165) is 0 Å². The summed E-state index contributed by atoms with van der Waals surface area (Å²) < 4.78 is 15.9. The SMILES string of the molecule is COc1cc(OC)c(/C=C/C(=O)c2ccc(N)cc2)c(OC)c1. The summed E-state index contributed by atoms with van der Waals surface area (Å²) in [6.45, 7) is 0. The zero-order valence-electron chi connectivity index (χ0n) is 13.3. The molecule has 0 bridgehead atoms. The Morgan fingerprint density at radius 1 is 0.957 bits per heavy atom. The second kappa shape index (κ2) is 7.35. The summed E-state index contributed by atoms with van der Waals surface area (Å²) in [7, 11) is 4.66. The van der Waals surface area contributed by atoms with E-state index in [-0.39, 0.29) is 5.78 Å². The van der Waals surface area contributed by atoms with E-state index in [1.165, 1.54) is 6.08 Å². The van der Waals surface area contributed by atoms with Crippen LogP contribution in [-0.4, -0.2) is 27.1 Å². The highest BCUT2D eigenvalue weighted by Crippen LogP contribution is 2.35. The van der Waals surface area contributed by atoms with Gasteiger partial charge < -0.3 is 19.9 Å².